The number of halogens is 1. The molecule has 92 valence electrons. The molecule has 0 unspecified atom stereocenters. The monoisotopic (exact) mass is 239 g/mol. The summed E-state index contributed by atoms with van der Waals surface area (Å²) in [7, 11) is 0. The first-order valence-corrected chi connectivity index (χ1v) is 5.30. The van der Waals surface area contributed by atoms with Gasteiger partial charge in [-0.15, -0.1) is 0 Å². The number of carbonyl (C=O) groups excluding carboxylic acids is 2. The van der Waals surface area contributed by atoms with Crippen molar-refractivity contribution in [3.05, 3.63) is 29.8 Å². The number of rotatable bonds is 5. The Labute approximate surface area is 98.4 Å². The van der Waals surface area contributed by atoms with E-state index in [1.54, 1.807) is 0 Å². The Morgan fingerprint density at radius 3 is 2.82 bits per heavy atom. The summed E-state index contributed by atoms with van der Waals surface area (Å²) in [5, 5.41) is 5.04. The van der Waals surface area contributed by atoms with E-state index in [-0.39, 0.29) is 24.4 Å². The minimum Gasteiger partial charge on any atom is -0.356 e. The van der Waals surface area contributed by atoms with Crippen LogP contribution in [-0.2, 0) is 4.79 Å². The van der Waals surface area contributed by atoms with Crippen molar-refractivity contribution in [1.82, 2.24) is 15.6 Å². The number of aromatic nitrogens is 1. The fourth-order valence-electron chi connectivity index (χ4n) is 1.23. The molecule has 0 aliphatic carbocycles. The Kier molecular flexibility index (Phi) is 5.06. The molecule has 0 saturated heterocycles. The van der Waals surface area contributed by atoms with E-state index in [1.165, 1.54) is 18.3 Å². The van der Waals surface area contributed by atoms with E-state index in [0.29, 0.717) is 6.54 Å². The first-order valence-electron chi connectivity index (χ1n) is 5.30. The molecule has 0 radical (unpaired) electrons. The van der Waals surface area contributed by atoms with Gasteiger partial charge in [0.1, 0.15) is 0 Å². The van der Waals surface area contributed by atoms with E-state index in [1.807, 2.05) is 6.92 Å². The van der Waals surface area contributed by atoms with Crippen LogP contribution in [-0.4, -0.2) is 29.9 Å². The SMILES string of the molecule is CCNC(=O)CCNC(=O)c1cccnc1F. The second-order valence-electron chi connectivity index (χ2n) is 3.30. The Balaban J connectivity index is 2.41. The second kappa shape index (κ2) is 6.57. The number of pyridine rings is 1. The van der Waals surface area contributed by atoms with Crippen LogP contribution in [0.4, 0.5) is 4.39 Å². The van der Waals surface area contributed by atoms with Crippen LogP contribution in [0.2, 0.25) is 0 Å². The number of amides is 2. The minimum absolute atomic E-state index is 0.122. The van der Waals surface area contributed by atoms with Crippen LogP contribution >= 0.6 is 0 Å². The maximum Gasteiger partial charge on any atom is 0.255 e. The van der Waals surface area contributed by atoms with Gasteiger partial charge in [-0.05, 0) is 19.1 Å². The zero-order valence-electron chi connectivity index (χ0n) is 9.50. The van der Waals surface area contributed by atoms with E-state index >= 15 is 0 Å². The zero-order valence-corrected chi connectivity index (χ0v) is 9.50. The van der Waals surface area contributed by atoms with Crippen molar-refractivity contribution >= 4 is 11.8 Å². The molecule has 0 fully saturated rings. The third kappa shape index (κ3) is 4.18. The molecule has 0 aliphatic rings. The van der Waals surface area contributed by atoms with Gasteiger partial charge in [0.25, 0.3) is 5.91 Å². The summed E-state index contributed by atoms with van der Waals surface area (Å²) in [4.78, 5) is 25.9. The fourth-order valence-corrected chi connectivity index (χ4v) is 1.23. The fraction of sp³-hybridized carbons (Fsp3) is 0.364. The van der Waals surface area contributed by atoms with E-state index in [4.69, 9.17) is 0 Å². The molecule has 1 aromatic rings. The third-order valence-corrected chi connectivity index (χ3v) is 2.02. The maximum absolute atomic E-state index is 13.1. The maximum atomic E-state index is 13.1. The zero-order chi connectivity index (χ0) is 12.7. The number of nitrogens with zero attached hydrogens (tertiary/aromatic N) is 1. The summed E-state index contributed by atoms with van der Waals surface area (Å²) in [5.41, 5.74) is -0.122. The smallest absolute Gasteiger partial charge is 0.255 e. The third-order valence-electron chi connectivity index (χ3n) is 2.02. The highest BCUT2D eigenvalue weighted by atomic mass is 19.1. The summed E-state index contributed by atoms with van der Waals surface area (Å²) < 4.78 is 13.1. The van der Waals surface area contributed by atoms with Crippen molar-refractivity contribution in [3.63, 3.8) is 0 Å². The molecule has 1 aromatic heterocycles. The first-order chi connectivity index (χ1) is 8.15. The van der Waals surface area contributed by atoms with Crippen molar-refractivity contribution in [1.29, 1.82) is 0 Å². The highest BCUT2D eigenvalue weighted by Crippen LogP contribution is 2.02. The molecule has 1 heterocycles. The average molecular weight is 239 g/mol. The predicted octanol–water partition coefficient (Wildman–Crippen LogP) is 0.477. The second-order valence-corrected chi connectivity index (χ2v) is 3.30. The summed E-state index contributed by atoms with van der Waals surface area (Å²) in [6.45, 7) is 2.52. The Morgan fingerprint density at radius 2 is 2.18 bits per heavy atom. The highest BCUT2D eigenvalue weighted by molar-refractivity contribution is 5.94. The quantitative estimate of drug-likeness (QED) is 0.734. The van der Waals surface area contributed by atoms with E-state index in [0.717, 1.165) is 0 Å². The molecule has 5 nitrogen and oxygen atoms in total. The van der Waals surface area contributed by atoms with Gasteiger partial charge < -0.3 is 10.6 Å². The molecule has 2 N–H and O–H groups in total. The lowest BCUT2D eigenvalue weighted by atomic mass is 10.2. The van der Waals surface area contributed by atoms with Crippen LogP contribution < -0.4 is 10.6 Å². The van der Waals surface area contributed by atoms with E-state index in [9.17, 15) is 14.0 Å². The van der Waals surface area contributed by atoms with E-state index < -0.39 is 11.9 Å². The van der Waals surface area contributed by atoms with Crippen molar-refractivity contribution in [2.45, 2.75) is 13.3 Å². The summed E-state index contributed by atoms with van der Waals surface area (Å²) in [6.07, 6.45) is 1.43. The van der Waals surface area contributed by atoms with Crippen LogP contribution in [0.15, 0.2) is 18.3 Å². The van der Waals surface area contributed by atoms with Crippen LogP contribution in [0.1, 0.15) is 23.7 Å². The summed E-state index contributed by atoms with van der Waals surface area (Å²) in [5.74, 6) is -1.54. The van der Waals surface area contributed by atoms with Gasteiger partial charge in [0.05, 0.1) is 5.56 Å². The number of hydrogen-bond donors (Lipinski definition) is 2. The van der Waals surface area contributed by atoms with Gasteiger partial charge >= 0.3 is 0 Å². The molecule has 0 saturated carbocycles. The van der Waals surface area contributed by atoms with Crippen LogP contribution in [0.25, 0.3) is 0 Å². The van der Waals surface area contributed by atoms with Gasteiger partial charge in [-0.3, -0.25) is 9.59 Å². The lowest BCUT2D eigenvalue weighted by Gasteiger charge is -2.05. The van der Waals surface area contributed by atoms with Gasteiger partial charge in [0.2, 0.25) is 11.9 Å². The van der Waals surface area contributed by atoms with Crippen molar-refractivity contribution in [2.75, 3.05) is 13.1 Å². The van der Waals surface area contributed by atoms with Crippen LogP contribution in [0, 0.1) is 5.95 Å². The molecular weight excluding hydrogens is 225 g/mol. The van der Waals surface area contributed by atoms with Gasteiger partial charge in [-0.2, -0.15) is 4.39 Å². The lowest BCUT2D eigenvalue weighted by Crippen LogP contribution is -2.31. The number of nitrogens with one attached hydrogen (secondary N) is 2. The molecule has 2 amide bonds. The van der Waals surface area contributed by atoms with Crippen molar-refractivity contribution < 1.29 is 14.0 Å². The highest BCUT2D eigenvalue weighted by Gasteiger charge is 2.11. The summed E-state index contributed by atoms with van der Waals surface area (Å²) in [6, 6.07) is 2.81. The Hall–Kier alpha value is -1.98. The molecule has 0 aromatic carbocycles. The minimum atomic E-state index is -0.817. The van der Waals surface area contributed by atoms with Crippen LogP contribution in [0.3, 0.4) is 0 Å². The Bertz CT molecular complexity index is 409. The molecule has 0 spiro atoms. The van der Waals surface area contributed by atoms with Crippen molar-refractivity contribution in [2.24, 2.45) is 0 Å². The van der Waals surface area contributed by atoms with Gasteiger partial charge in [0, 0.05) is 25.7 Å². The largest absolute Gasteiger partial charge is 0.356 e. The lowest BCUT2D eigenvalue weighted by molar-refractivity contribution is -0.120. The Morgan fingerprint density at radius 1 is 1.41 bits per heavy atom. The molecule has 0 bridgehead atoms. The first kappa shape index (κ1) is 13.1. The van der Waals surface area contributed by atoms with Gasteiger partial charge in [-0.1, -0.05) is 0 Å². The molecule has 6 heteroatoms. The number of carbonyl (C=O) groups is 2. The summed E-state index contributed by atoms with van der Waals surface area (Å²) >= 11 is 0. The molecule has 0 aliphatic heterocycles. The van der Waals surface area contributed by atoms with Crippen molar-refractivity contribution in [3.8, 4) is 0 Å². The number of hydrogen-bond acceptors (Lipinski definition) is 3. The molecule has 1 rings (SSSR count). The van der Waals surface area contributed by atoms with Crippen LogP contribution in [0.5, 0.6) is 0 Å². The van der Waals surface area contributed by atoms with E-state index in [2.05, 4.69) is 15.6 Å². The standard InChI is InChI=1S/C11H14FN3O2/c1-2-13-9(16)5-7-15-11(17)8-4-3-6-14-10(8)12/h3-4,6H,2,5,7H2,1H3,(H,13,16)(H,15,17). The topological polar surface area (TPSA) is 71.1 Å². The normalized spacial score (nSPS) is 9.76. The van der Waals surface area contributed by atoms with Gasteiger partial charge in [0.15, 0.2) is 0 Å². The average Bonchev–Trinajstić information content (AvgIpc) is 2.29. The molecule has 0 atom stereocenters. The molecule has 17 heavy (non-hydrogen) atoms. The van der Waals surface area contributed by atoms with Gasteiger partial charge in [-0.25, -0.2) is 4.98 Å². The predicted molar refractivity (Wildman–Crippen MR) is 59.8 cm³/mol. The molecular formula is C11H14FN3O2.